The molecule has 1 aromatic carbocycles. The summed E-state index contributed by atoms with van der Waals surface area (Å²) in [7, 11) is 0. The Hall–Kier alpha value is -1.53. The Bertz CT molecular complexity index is 440. The Morgan fingerprint density at radius 1 is 1.29 bits per heavy atom. The summed E-state index contributed by atoms with van der Waals surface area (Å²) in [6, 6.07) is 8.97. The van der Waals surface area contributed by atoms with E-state index < -0.39 is 6.04 Å². The van der Waals surface area contributed by atoms with E-state index in [0.717, 1.165) is 11.3 Å². The minimum absolute atomic E-state index is 0.143. The maximum absolute atomic E-state index is 12.0. The van der Waals surface area contributed by atoms with Crippen LogP contribution in [0.4, 0.5) is 0 Å². The van der Waals surface area contributed by atoms with Gasteiger partial charge in [-0.2, -0.15) is 11.8 Å². The largest absolute Gasteiger partial charge is 0.353 e. The molecule has 0 radical (unpaired) electrons. The van der Waals surface area contributed by atoms with E-state index in [-0.39, 0.29) is 18.2 Å². The van der Waals surface area contributed by atoms with Crippen LogP contribution in [0.2, 0.25) is 0 Å². The highest BCUT2D eigenvalue weighted by atomic mass is 32.2. The van der Waals surface area contributed by atoms with E-state index in [9.17, 15) is 9.59 Å². The van der Waals surface area contributed by atoms with Crippen molar-refractivity contribution in [3.05, 3.63) is 35.9 Å². The second-order valence-corrected chi connectivity index (χ2v) is 5.63. The van der Waals surface area contributed by atoms with Gasteiger partial charge in [-0.1, -0.05) is 30.3 Å². The van der Waals surface area contributed by atoms with Gasteiger partial charge in [-0.15, -0.1) is 0 Å². The zero-order valence-corrected chi connectivity index (χ0v) is 13.1. The number of nitrogens with one attached hydrogen (secondary N) is 2. The standard InChI is InChI=1S/C15H23N3O2S/c1-21-10-7-13(15(20)17-9-8-16)18-14(19)11-12-5-3-2-4-6-12/h2-6,13H,7-11,16H2,1H3,(H,17,20)(H,18,19). The summed E-state index contributed by atoms with van der Waals surface area (Å²) in [6.07, 6.45) is 2.86. The van der Waals surface area contributed by atoms with Gasteiger partial charge in [0.05, 0.1) is 6.42 Å². The lowest BCUT2D eigenvalue weighted by Gasteiger charge is -2.18. The molecular formula is C15H23N3O2S. The van der Waals surface area contributed by atoms with E-state index in [0.29, 0.717) is 19.5 Å². The number of amides is 2. The highest BCUT2D eigenvalue weighted by Gasteiger charge is 2.19. The number of carbonyl (C=O) groups is 2. The number of hydrogen-bond donors (Lipinski definition) is 3. The molecule has 1 atom stereocenters. The van der Waals surface area contributed by atoms with Gasteiger partial charge in [-0.25, -0.2) is 0 Å². The zero-order chi connectivity index (χ0) is 15.5. The number of nitrogens with two attached hydrogens (primary N) is 1. The summed E-state index contributed by atoms with van der Waals surface area (Å²) in [5.74, 6) is 0.498. The fourth-order valence-corrected chi connectivity index (χ4v) is 2.32. The molecule has 0 fully saturated rings. The summed E-state index contributed by atoms with van der Waals surface area (Å²) < 4.78 is 0. The first-order valence-electron chi connectivity index (χ1n) is 6.97. The fraction of sp³-hybridized carbons (Fsp3) is 0.467. The third kappa shape index (κ3) is 7.15. The van der Waals surface area contributed by atoms with Gasteiger partial charge >= 0.3 is 0 Å². The fourth-order valence-electron chi connectivity index (χ4n) is 1.85. The smallest absolute Gasteiger partial charge is 0.242 e. The number of benzene rings is 1. The van der Waals surface area contributed by atoms with Crippen molar-refractivity contribution in [3.63, 3.8) is 0 Å². The highest BCUT2D eigenvalue weighted by molar-refractivity contribution is 7.98. The van der Waals surface area contributed by atoms with Crippen molar-refractivity contribution >= 4 is 23.6 Å². The van der Waals surface area contributed by atoms with E-state index in [1.54, 1.807) is 11.8 Å². The quantitative estimate of drug-likeness (QED) is 0.622. The lowest BCUT2D eigenvalue weighted by molar-refractivity contribution is -0.128. The molecule has 21 heavy (non-hydrogen) atoms. The molecule has 4 N–H and O–H groups in total. The molecule has 0 aliphatic rings. The molecule has 0 spiro atoms. The van der Waals surface area contributed by atoms with Crippen LogP contribution in [0.1, 0.15) is 12.0 Å². The molecule has 0 heterocycles. The van der Waals surface area contributed by atoms with Crippen molar-refractivity contribution in [3.8, 4) is 0 Å². The van der Waals surface area contributed by atoms with Gasteiger partial charge in [0.25, 0.3) is 0 Å². The van der Waals surface area contributed by atoms with Crippen LogP contribution in [0.15, 0.2) is 30.3 Å². The van der Waals surface area contributed by atoms with Gasteiger partial charge in [-0.3, -0.25) is 9.59 Å². The van der Waals surface area contributed by atoms with Gasteiger partial charge in [0.1, 0.15) is 6.04 Å². The van der Waals surface area contributed by atoms with Crippen LogP contribution < -0.4 is 16.4 Å². The minimum Gasteiger partial charge on any atom is -0.353 e. The maximum atomic E-state index is 12.0. The summed E-state index contributed by atoms with van der Waals surface area (Å²) >= 11 is 1.65. The summed E-state index contributed by atoms with van der Waals surface area (Å²) in [5.41, 5.74) is 6.31. The van der Waals surface area contributed by atoms with Crippen molar-refractivity contribution < 1.29 is 9.59 Å². The van der Waals surface area contributed by atoms with E-state index in [4.69, 9.17) is 5.73 Å². The van der Waals surface area contributed by atoms with Crippen molar-refractivity contribution in [1.82, 2.24) is 10.6 Å². The first kappa shape index (κ1) is 17.5. The van der Waals surface area contributed by atoms with Crippen LogP contribution in [-0.4, -0.2) is 43.0 Å². The number of carbonyl (C=O) groups excluding carboxylic acids is 2. The van der Waals surface area contributed by atoms with E-state index >= 15 is 0 Å². The van der Waals surface area contributed by atoms with E-state index in [1.165, 1.54) is 0 Å². The third-order valence-corrected chi connectivity index (χ3v) is 3.56. The number of thioether (sulfide) groups is 1. The average Bonchev–Trinajstić information content (AvgIpc) is 2.50. The van der Waals surface area contributed by atoms with Gasteiger partial charge in [-0.05, 0) is 24.0 Å². The Morgan fingerprint density at radius 3 is 2.62 bits per heavy atom. The molecule has 0 aliphatic carbocycles. The van der Waals surface area contributed by atoms with Crippen LogP contribution in [-0.2, 0) is 16.0 Å². The van der Waals surface area contributed by atoms with Gasteiger partial charge in [0, 0.05) is 13.1 Å². The predicted octanol–water partition coefficient (Wildman–Crippen LogP) is 0.542. The van der Waals surface area contributed by atoms with Gasteiger partial charge in [0.2, 0.25) is 11.8 Å². The molecule has 1 rings (SSSR count). The molecular weight excluding hydrogens is 286 g/mol. The highest BCUT2D eigenvalue weighted by Crippen LogP contribution is 2.03. The topological polar surface area (TPSA) is 84.2 Å². The van der Waals surface area contributed by atoms with Crippen LogP contribution in [0, 0.1) is 0 Å². The molecule has 0 aliphatic heterocycles. The van der Waals surface area contributed by atoms with Crippen LogP contribution in [0.5, 0.6) is 0 Å². The SMILES string of the molecule is CSCCC(NC(=O)Cc1ccccc1)C(=O)NCCN. The third-order valence-electron chi connectivity index (χ3n) is 2.91. The van der Waals surface area contributed by atoms with Crippen LogP contribution in [0.3, 0.4) is 0 Å². The van der Waals surface area contributed by atoms with Crippen molar-refractivity contribution in [2.75, 3.05) is 25.1 Å². The average molecular weight is 309 g/mol. The Balaban J connectivity index is 2.54. The summed E-state index contributed by atoms with van der Waals surface area (Å²) in [6.45, 7) is 0.808. The monoisotopic (exact) mass is 309 g/mol. The van der Waals surface area contributed by atoms with Crippen LogP contribution in [0.25, 0.3) is 0 Å². The minimum atomic E-state index is -0.500. The van der Waals surface area contributed by atoms with E-state index in [1.807, 2.05) is 36.6 Å². The molecule has 5 nitrogen and oxygen atoms in total. The maximum Gasteiger partial charge on any atom is 0.242 e. The first-order chi connectivity index (χ1) is 10.2. The summed E-state index contributed by atoms with van der Waals surface area (Å²) in [5, 5.41) is 5.53. The van der Waals surface area contributed by atoms with Crippen molar-refractivity contribution in [1.29, 1.82) is 0 Å². The molecule has 1 aromatic rings. The molecule has 2 amide bonds. The number of hydrogen-bond acceptors (Lipinski definition) is 4. The van der Waals surface area contributed by atoms with Gasteiger partial charge in [0.15, 0.2) is 0 Å². The molecule has 0 aromatic heterocycles. The molecule has 116 valence electrons. The lowest BCUT2D eigenvalue weighted by Crippen LogP contribution is -2.48. The predicted molar refractivity (Wildman–Crippen MR) is 87.1 cm³/mol. The van der Waals surface area contributed by atoms with Crippen LogP contribution >= 0.6 is 11.8 Å². The Labute approximate surface area is 130 Å². The molecule has 0 saturated heterocycles. The first-order valence-corrected chi connectivity index (χ1v) is 8.36. The van der Waals surface area contributed by atoms with Gasteiger partial charge < -0.3 is 16.4 Å². The van der Waals surface area contributed by atoms with E-state index in [2.05, 4.69) is 10.6 Å². The normalized spacial score (nSPS) is 11.7. The molecule has 0 saturated carbocycles. The number of rotatable bonds is 9. The second-order valence-electron chi connectivity index (χ2n) is 4.64. The summed E-state index contributed by atoms with van der Waals surface area (Å²) in [4.78, 5) is 24.0. The lowest BCUT2D eigenvalue weighted by atomic mass is 10.1. The zero-order valence-electron chi connectivity index (χ0n) is 12.3. The van der Waals surface area contributed by atoms with Crippen molar-refractivity contribution in [2.45, 2.75) is 18.9 Å². The molecule has 1 unspecified atom stereocenters. The second kappa shape index (κ2) is 10.2. The Morgan fingerprint density at radius 2 is 2.00 bits per heavy atom. The molecule has 6 heteroatoms. The van der Waals surface area contributed by atoms with Crippen molar-refractivity contribution in [2.24, 2.45) is 5.73 Å². The molecule has 0 bridgehead atoms. The Kier molecular flexibility index (Phi) is 8.54.